The highest BCUT2D eigenvalue weighted by molar-refractivity contribution is 7.99. The zero-order valence-electron chi connectivity index (χ0n) is 17.6. The van der Waals surface area contributed by atoms with E-state index in [-0.39, 0.29) is 23.8 Å². The number of benzene rings is 2. The number of rotatable bonds is 4. The summed E-state index contributed by atoms with van der Waals surface area (Å²) in [4.78, 5) is 42.2. The lowest BCUT2D eigenvalue weighted by Gasteiger charge is -2.35. The molecule has 1 N–H and O–H groups in total. The Morgan fingerprint density at radius 2 is 1.65 bits per heavy atom. The highest BCUT2D eigenvalue weighted by atomic mass is 32.2. The van der Waals surface area contributed by atoms with Gasteiger partial charge in [-0.3, -0.25) is 14.4 Å². The molecule has 2 saturated heterocycles. The van der Waals surface area contributed by atoms with E-state index in [1.807, 2.05) is 54.3 Å². The van der Waals surface area contributed by atoms with Gasteiger partial charge in [-0.15, -0.1) is 11.8 Å². The van der Waals surface area contributed by atoms with E-state index >= 15 is 0 Å². The van der Waals surface area contributed by atoms with Gasteiger partial charge in [0.1, 0.15) is 6.04 Å². The number of carbonyl (C=O) groups excluding carboxylic acids is 3. The third-order valence-electron chi connectivity index (χ3n) is 5.98. The Bertz CT molecular complexity index is 958. The van der Waals surface area contributed by atoms with Crippen molar-refractivity contribution in [2.24, 2.45) is 0 Å². The fraction of sp³-hybridized carbons (Fsp3) is 0.375. The number of likely N-dealkylation sites (tertiary alicyclic amines) is 1. The Balaban J connectivity index is 1.33. The van der Waals surface area contributed by atoms with E-state index in [1.54, 1.807) is 28.8 Å². The van der Waals surface area contributed by atoms with Crippen LogP contribution in [-0.4, -0.2) is 64.3 Å². The lowest BCUT2D eigenvalue weighted by molar-refractivity contribution is -0.136. The number of nitrogens with one attached hydrogen (secondary N) is 1. The first-order chi connectivity index (χ1) is 15.0. The summed E-state index contributed by atoms with van der Waals surface area (Å²) in [5, 5.41) is 3.11. The van der Waals surface area contributed by atoms with Crippen LogP contribution < -0.4 is 5.32 Å². The minimum absolute atomic E-state index is 0.0120. The second-order valence-electron chi connectivity index (χ2n) is 8.04. The van der Waals surface area contributed by atoms with Crippen LogP contribution in [0.1, 0.15) is 39.1 Å². The first-order valence-corrected chi connectivity index (χ1v) is 11.8. The predicted molar refractivity (Wildman–Crippen MR) is 122 cm³/mol. The molecule has 1 atom stereocenters. The predicted octanol–water partition coefficient (Wildman–Crippen LogP) is 2.93. The molecule has 7 heteroatoms. The second-order valence-corrected chi connectivity index (χ2v) is 9.04. The molecule has 3 amide bonds. The fourth-order valence-corrected chi connectivity index (χ4v) is 5.28. The van der Waals surface area contributed by atoms with Gasteiger partial charge in [0.15, 0.2) is 0 Å². The van der Waals surface area contributed by atoms with Crippen molar-refractivity contribution in [1.29, 1.82) is 0 Å². The standard InChI is InChI=1S/C24H27N3O3S/c1-17-7-5-6-10-20(17)22(28)25-19-11-13-26(14-12-19)24(30)21-15-31-16-27(21)23(29)18-8-3-2-4-9-18/h2-10,19,21H,11-16H2,1H3,(H,25,28)/t21-/m0/s1. The largest absolute Gasteiger partial charge is 0.349 e. The number of aryl methyl sites for hydroxylation is 1. The SMILES string of the molecule is Cc1ccccc1C(=O)NC1CCN(C(=O)[C@@H]2CSCN2C(=O)c2ccccc2)CC1. The van der Waals surface area contributed by atoms with Crippen LogP contribution in [0.3, 0.4) is 0 Å². The summed E-state index contributed by atoms with van der Waals surface area (Å²) >= 11 is 1.61. The smallest absolute Gasteiger partial charge is 0.255 e. The van der Waals surface area contributed by atoms with E-state index in [4.69, 9.17) is 0 Å². The van der Waals surface area contributed by atoms with Crippen molar-refractivity contribution in [3.05, 3.63) is 71.3 Å². The van der Waals surface area contributed by atoms with Crippen LogP contribution in [0, 0.1) is 6.92 Å². The molecule has 0 aliphatic carbocycles. The summed E-state index contributed by atoms with van der Waals surface area (Å²) in [6, 6.07) is 16.3. The molecule has 2 fully saturated rings. The van der Waals surface area contributed by atoms with Crippen LogP contribution >= 0.6 is 11.8 Å². The van der Waals surface area contributed by atoms with Gasteiger partial charge in [-0.05, 0) is 43.5 Å². The average molecular weight is 438 g/mol. The topological polar surface area (TPSA) is 69.7 Å². The molecular weight excluding hydrogens is 410 g/mol. The van der Waals surface area contributed by atoms with Gasteiger partial charge in [-0.25, -0.2) is 0 Å². The Hall–Kier alpha value is -2.80. The normalized spacial score (nSPS) is 19.3. The highest BCUT2D eigenvalue weighted by Crippen LogP contribution is 2.26. The van der Waals surface area contributed by atoms with Gasteiger partial charge in [-0.1, -0.05) is 36.4 Å². The van der Waals surface area contributed by atoms with E-state index < -0.39 is 6.04 Å². The maximum atomic E-state index is 13.2. The van der Waals surface area contributed by atoms with E-state index in [9.17, 15) is 14.4 Å². The summed E-state index contributed by atoms with van der Waals surface area (Å²) in [6.45, 7) is 3.11. The molecule has 0 bridgehead atoms. The summed E-state index contributed by atoms with van der Waals surface area (Å²) in [6.07, 6.45) is 1.44. The van der Waals surface area contributed by atoms with Crippen molar-refractivity contribution in [2.75, 3.05) is 24.7 Å². The minimum Gasteiger partial charge on any atom is -0.349 e. The summed E-state index contributed by atoms with van der Waals surface area (Å²) in [5.74, 6) is 1.02. The van der Waals surface area contributed by atoms with Crippen molar-refractivity contribution in [3.8, 4) is 0 Å². The highest BCUT2D eigenvalue weighted by Gasteiger charge is 2.38. The first-order valence-electron chi connectivity index (χ1n) is 10.6. The Kier molecular flexibility index (Phi) is 6.61. The lowest BCUT2D eigenvalue weighted by atomic mass is 10.0. The van der Waals surface area contributed by atoms with Crippen molar-refractivity contribution < 1.29 is 14.4 Å². The maximum absolute atomic E-state index is 13.2. The number of carbonyl (C=O) groups is 3. The third-order valence-corrected chi connectivity index (χ3v) is 6.99. The minimum atomic E-state index is -0.421. The van der Waals surface area contributed by atoms with Gasteiger partial charge in [0.05, 0.1) is 5.88 Å². The summed E-state index contributed by atoms with van der Waals surface area (Å²) in [5.41, 5.74) is 2.26. The van der Waals surface area contributed by atoms with Gasteiger partial charge >= 0.3 is 0 Å². The molecule has 162 valence electrons. The Labute approximate surface area is 187 Å². The zero-order valence-corrected chi connectivity index (χ0v) is 18.4. The van der Waals surface area contributed by atoms with Gasteiger partial charge in [0, 0.05) is 36.0 Å². The first kappa shape index (κ1) is 21.4. The number of hydrogen-bond donors (Lipinski definition) is 1. The lowest BCUT2D eigenvalue weighted by Crippen LogP contribution is -2.53. The van der Waals surface area contributed by atoms with Gasteiger partial charge in [0.2, 0.25) is 5.91 Å². The van der Waals surface area contributed by atoms with Crippen LogP contribution in [0.15, 0.2) is 54.6 Å². The molecule has 0 unspecified atom stereocenters. The van der Waals surface area contributed by atoms with Crippen LogP contribution in [0.4, 0.5) is 0 Å². The number of amides is 3. The number of hydrogen-bond acceptors (Lipinski definition) is 4. The maximum Gasteiger partial charge on any atom is 0.255 e. The quantitative estimate of drug-likeness (QED) is 0.799. The molecule has 0 aromatic heterocycles. The van der Waals surface area contributed by atoms with Crippen LogP contribution in [0.2, 0.25) is 0 Å². The van der Waals surface area contributed by atoms with Crippen molar-refractivity contribution in [3.63, 3.8) is 0 Å². The average Bonchev–Trinajstić information content (AvgIpc) is 3.29. The van der Waals surface area contributed by atoms with Crippen molar-refractivity contribution in [1.82, 2.24) is 15.1 Å². The molecule has 2 heterocycles. The Morgan fingerprint density at radius 1 is 0.968 bits per heavy atom. The molecular formula is C24H27N3O3S. The molecule has 2 aromatic carbocycles. The molecule has 31 heavy (non-hydrogen) atoms. The summed E-state index contributed by atoms with van der Waals surface area (Å²) < 4.78 is 0. The number of thioether (sulfide) groups is 1. The molecule has 2 aromatic rings. The van der Waals surface area contributed by atoms with Crippen LogP contribution in [0.25, 0.3) is 0 Å². The number of piperidine rings is 1. The van der Waals surface area contributed by atoms with Crippen molar-refractivity contribution >= 4 is 29.5 Å². The fourth-order valence-electron chi connectivity index (χ4n) is 4.14. The number of nitrogens with zero attached hydrogens (tertiary/aromatic N) is 2. The summed E-state index contributed by atoms with van der Waals surface area (Å²) in [7, 11) is 0. The van der Waals surface area contributed by atoms with Crippen LogP contribution in [0.5, 0.6) is 0 Å². The second kappa shape index (κ2) is 9.56. The Morgan fingerprint density at radius 3 is 2.35 bits per heavy atom. The van der Waals surface area contributed by atoms with E-state index in [0.717, 1.165) is 18.4 Å². The molecule has 4 rings (SSSR count). The van der Waals surface area contributed by atoms with E-state index in [2.05, 4.69) is 5.32 Å². The molecule has 2 aliphatic rings. The van der Waals surface area contributed by atoms with Crippen molar-refractivity contribution in [2.45, 2.75) is 31.8 Å². The van der Waals surface area contributed by atoms with E-state index in [0.29, 0.717) is 35.8 Å². The van der Waals surface area contributed by atoms with Gasteiger partial charge < -0.3 is 15.1 Å². The van der Waals surface area contributed by atoms with Gasteiger partial charge in [0.25, 0.3) is 11.8 Å². The molecule has 0 spiro atoms. The third kappa shape index (κ3) is 4.77. The monoisotopic (exact) mass is 437 g/mol. The van der Waals surface area contributed by atoms with Gasteiger partial charge in [-0.2, -0.15) is 0 Å². The zero-order chi connectivity index (χ0) is 21.8. The van der Waals surface area contributed by atoms with Crippen LogP contribution in [-0.2, 0) is 4.79 Å². The molecule has 6 nitrogen and oxygen atoms in total. The molecule has 2 aliphatic heterocycles. The molecule has 0 saturated carbocycles. The molecule has 0 radical (unpaired) electrons. The van der Waals surface area contributed by atoms with E-state index in [1.165, 1.54) is 0 Å².